The first kappa shape index (κ1) is 14.5. The molecule has 0 aromatic carbocycles. The van der Waals surface area contributed by atoms with Crippen LogP contribution in [0.2, 0.25) is 0 Å². The molecule has 0 bridgehead atoms. The molecule has 1 heterocycles. The molecule has 7 heteroatoms. The molecule has 0 saturated heterocycles. The highest BCUT2D eigenvalue weighted by Crippen LogP contribution is 2.29. The van der Waals surface area contributed by atoms with Crippen LogP contribution in [0.5, 0.6) is 0 Å². The molecule has 0 aliphatic heterocycles. The molecule has 2 rings (SSSR count). The molecule has 0 radical (unpaired) electrons. The molecule has 1 aliphatic rings. The van der Waals surface area contributed by atoms with E-state index in [9.17, 15) is 13.5 Å². The summed E-state index contributed by atoms with van der Waals surface area (Å²) in [4.78, 5) is 0.118. The van der Waals surface area contributed by atoms with Gasteiger partial charge in [0, 0.05) is 7.05 Å². The van der Waals surface area contributed by atoms with E-state index in [2.05, 4.69) is 5.16 Å². The van der Waals surface area contributed by atoms with Gasteiger partial charge in [0.25, 0.3) is 0 Å². The molecule has 2 atom stereocenters. The van der Waals surface area contributed by atoms with Crippen LogP contribution in [-0.2, 0) is 10.0 Å². The van der Waals surface area contributed by atoms with Crippen molar-refractivity contribution in [3.63, 3.8) is 0 Å². The lowest BCUT2D eigenvalue weighted by Gasteiger charge is -2.34. The van der Waals surface area contributed by atoms with E-state index < -0.39 is 16.1 Å². The molecular weight excluding hydrogens is 268 g/mol. The summed E-state index contributed by atoms with van der Waals surface area (Å²) in [5.74, 6) is 0.287. The maximum atomic E-state index is 12.6. The quantitative estimate of drug-likeness (QED) is 0.904. The fourth-order valence-corrected chi connectivity index (χ4v) is 4.38. The topological polar surface area (TPSA) is 83.6 Å². The summed E-state index contributed by atoms with van der Waals surface area (Å²) < 4.78 is 31.4. The van der Waals surface area contributed by atoms with Crippen molar-refractivity contribution in [2.45, 2.75) is 56.6 Å². The second-order valence-electron chi connectivity index (χ2n) is 5.09. The molecule has 19 heavy (non-hydrogen) atoms. The van der Waals surface area contributed by atoms with E-state index in [1.54, 1.807) is 13.8 Å². The van der Waals surface area contributed by atoms with Crippen LogP contribution in [0.1, 0.15) is 37.1 Å². The average Bonchev–Trinajstić information content (AvgIpc) is 2.69. The van der Waals surface area contributed by atoms with E-state index >= 15 is 0 Å². The zero-order valence-electron chi connectivity index (χ0n) is 11.5. The molecule has 0 amide bonds. The smallest absolute Gasteiger partial charge is 0.248 e. The number of aliphatic hydroxyl groups is 1. The Morgan fingerprint density at radius 1 is 1.32 bits per heavy atom. The van der Waals surface area contributed by atoms with Gasteiger partial charge in [-0.25, -0.2) is 8.42 Å². The molecule has 0 unspecified atom stereocenters. The highest BCUT2D eigenvalue weighted by Gasteiger charge is 2.37. The van der Waals surface area contributed by atoms with Gasteiger partial charge in [-0.1, -0.05) is 18.0 Å². The zero-order chi connectivity index (χ0) is 14.2. The van der Waals surface area contributed by atoms with Crippen molar-refractivity contribution in [1.82, 2.24) is 9.46 Å². The lowest BCUT2D eigenvalue weighted by molar-refractivity contribution is 0.0637. The minimum atomic E-state index is -3.67. The van der Waals surface area contributed by atoms with Crippen LogP contribution >= 0.6 is 0 Å². The van der Waals surface area contributed by atoms with Crippen LogP contribution in [-0.4, -0.2) is 42.2 Å². The van der Waals surface area contributed by atoms with Crippen molar-refractivity contribution < 1.29 is 18.0 Å². The Bertz CT molecular complexity index is 533. The first-order chi connectivity index (χ1) is 8.85. The van der Waals surface area contributed by atoms with Gasteiger partial charge >= 0.3 is 0 Å². The van der Waals surface area contributed by atoms with Crippen LogP contribution < -0.4 is 0 Å². The molecule has 1 saturated carbocycles. The molecule has 1 aromatic rings. The SMILES string of the molecule is Cc1noc(C)c1S(=O)(=O)N(C)[C@@H]1CCCC[C@H]1O. The van der Waals surface area contributed by atoms with Crippen molar-refractivity contribution >= 4 is 10.0 Å². The van der Waals surface area contributed by atoms with Crippen molar-refractivity contribution in [1.29, 1.82) is 0 Å². The van der Waals surface area contributed by atoms with Crippen LogP contribution in [0.4, 0.5) is 0 Å². The number of hydrogen-bond acceptors (Lipinski definition) is 5. The van der Waals surface area contributed by atoms with Gasteiger partial charge in [-0.15, -0.1) is 0 Å². The lowest BCUT2D eigenvalue weighted by Crippen LogP contribution is -2.46. The Balaban J connectivity index is 2.34. The number of nitrogens with zero attached hydrogens (tertiary/aromatic N) is 2. The van der Waals surface area contributed by atoms with Gasteiger partial charge in [0.15, 0.2) is 5.76 Å². The van der Waals surface area contributed by atoms with Crippen molar-refractivity contribution in [2.75, 3.05) is 7.05 Å². The van der Waals surface area contributed by atoms with Gasteiger partial charge in [0.1, 0.15) is 10.6 Å². The molecular formula is C12H20N2O4S. The van der Waals surface area contributed by atoms with E-state index in [1.165, 1.54) is 11.4 Å². The molecule has 1 aliphatic carbocycles. The maximum absolute atomic E-state index is 12.6. The number of aliphatic hydroxyl groups excluding tert-OH is 1. The lowest BCUT2D eigenvalue weighted by atomic mass is 9.93. The van der Waals surface area contributed by atoms with Gasteiger partial charge in [-0.05, 0) is 26.7 Å². The van der Waals surface area contributed by atoms with Gasteiger partial charge in [-0.3, -0.25) is 0 Å². The fourth-order valence-electron chi connectivity index (χ4n) is 2.68. The molecule has 1 fully saturated rings. The summed E-state index contributed by atoms with van der Waals surface area (Å²) in [6.07, 6.45) is 2.60. The van der Waals surface area contributed by atoms with Crippen molar-refractivity contribution in [3.05, 3.63) is 11.5 Å². The Morgan fingerprint density at radius 2 is 1.95 bits per heavy atom. The molecule has 1 N–H and O–H groups in total. The zero-order valence-corrected chi connectivity index (χ0v) is 12.3. The molecule has 108 valence electrons. The third kappa shape index (κ3) is 2.54. The van der Waals surface area contributed by atoms with E-state index in [1.807, 2.05) is 0 Å². The first-order valence-corrected chi connectivity index (χ1v) is 7.88. The summed E-state index contributed by atoms with van der Waals surface area (Å²) in [7, 11) is -2.16. The molecule has 0 spiro atoms. The van der Waals surface area contributed by atoms with E-state index in [0.717, 1.165) is 12.8 Å². The summed E-state index contributed by atoms with van der Waals surface area (Å²) in [5, 5.41) is 13.7. The first-order valence-electron chi connectivity index (χ1n) is 6.44. The highest BCUT2D eigenvalue weighted by atomic mass is 32.2. The summed E-state index contributed by atoms with van der Waals surface area (Å²) in [6.45, 7) is 3.19. The number of sulfonamides is 1. The Labute approximate surface area is 113 Å². The van der Waals surface area contributed by atoms with Gasteiger partial charge in [0.2, 0.25) is 10.0 Å². The number of aromatic nitrogens is 1. The predicted molar refractivity (Wildman–Crippen MR) is 69.2 cm³/mol. The minimum Gasteiger partial charge on any atom is -0.391 e. The van der Waals surface area contributed by atoms with Crippen LogP contribution in [0, 0.1) is 13.8 Å². The second-order valence-corrected chi connectivity index (χ2v) is 7.03. The molecule has 6 nitrogen and oxygen atoms in total. The monoisotopic (exact) mass is 288 g/mol. The average molecular weight is 288 g/mol. The number of aryl methyl sites for hydroxylation is 2. The van der Waals surface area contributed by atoms with E-state index in [4.69, 9.17) is 4.52 Å². The van der Waals surface area contributed by atoms with Crippen molar-refractivity contribution in [3.8, 4) is 0 Å². The fraction of sp³-hybridized carbons (Fsp3) is 0.750. The van der Waals surface area contributed by atoms with Crippen LogP contribution in [0.25, 0.3) is 0 Å². The van der Waals surface area contributed by atoms with Gasteiger partial charge in [0.05, 0.1) is 12.1 Å². The van der Waals surface area contributed by atoms with E-state index in [-0.39, 0.29) is 16.7 Å². The van der Waals surface area contributed by atoms with Gasteiger partial charge < -0.3 is 9.63 Å². The maximum Gasteiger partial charge on any atom is 0.248 e. The van der Waals surface area contributed by atoms with E-state index in [0.29, 0.717) is 18.5 Å². The van der Waals surface area contributed by atoms with Crippen LogP contribution in [0.3, 0.4) is 0 Å². The Hall–Kier alpha value is -0.920. The molecule has 1 aromatic heterocycles. The number of likely N-dealkylation sites (N-methyl/N-ethyl adjacent to an activating group) is 1. The Kier molecular flexibility index (Phi) is 3.98. The number of rotatable bonds is 3. The summed E-state index contributed by atoms with van der Waals surface area (Å²) in [5.41, 5.74) is 0.356. The van der Waals surface area contributed by atoms with Crippen molar-refractivity contribution in [2.24, 2.45) is 0 Å². The standard InChI is InChI=1S/C12H20N2O4S/c1-8-12(9(2)18-13-8)19(16,17)14(3)10-6-4-5-7-11(10)15/h10-11,15H,4-7H2,1-3H3/t10-,11-/m1/s1. The largest absolute Gasteiger partial charge is 0.391 e. The third-order valence-electron chi connectivity index (χ3n) is 3.77. The van der Waals surface area contributed by atoms with Gasteiger partial charge in [-0.2, -0.15) is 4.31 Å². The minimum absolute atomic E-state index is 0.118. The second kappa shape index (κ2) is 5.22. The van der Waals surface area contributed by atoms with Crippen LogP contribution in [0.15, 0.2) is 9.42 Å². The highest BCUT2D eigenvalue weighted by molar-refractivity contribution is 7.89. The Morgan fingerprint density at radius 3 is 2.47 bits per heavy atom. The summed E-state index contributed by atoms with van der Waals surface area (Å²) in [6, 6.07) is -0.368. The summed E-state index contributed by atoms with van der Waals surface area (Å²) >= 11 is 0. The third-order valence-corrected chi connectivity index (χ3v) is 5.89. The predicted octanol–water partition coefficient (Wildman–Crippen LogP) is 1.22. The normalized spacial score (nSPS) is 24.9. The number of hydrogen-bond donors (Lipinski definition) is 1.